The third-order valence-electron chi connectivity index (χ3n) is 2.94. The van der Waals surface area contributed by atoms with E-state index in [0.29, 0.717) is 6.04 Å². The third kappa shape index (κ3) is 2.89. The van der Waals surface area contributed by atoms with Crippen LogP contribution in [0.4, 0.5) is 0 Å². The smallest absolute Gasteiger partial charge is 0.235 e. The molecule has 3 nitrogen and oxygen atoms in total. The summed E-state index contributed by atoms with van der Waals surface area (Å²) in [7, 11) is 4.02. The van der Waals surface area contributed by atoms with E-state index < -0.39 is 0 Å². The van der Waals surface area contributed by atoms with Gasteiger partial charge in [0, 0.05) is 13.1 Å². The number of hydrogen-bond acceptors (Lipinski definition) is 3. The van der Waals surface area contributed by atoms with Crippen molar-refractivity contribution in [2.24, 2.45) is 0 Å². The lowest BCUT2D eigenvalue weighted by atomic mass is 10.0. The van der Waals surface area contributed by atoms with Crippen LogP contribution >= 0.6 is 12.6 Å². The van der Waals surface area contributed by atoms with Gasteiger partial charge in [-0.2, -0.15) is 12.6 Å². The molecule has 1 heterocycles. The molecule has 1 unspecified atom stereocenters. The van der Waals surface area contributed by atoms with Crippen LogP contribution in [0.5, 0.6) is 0 Å². The van der Waals surface area contributed by atoms with E-state index >= 15 is 0 Å². The maximum Gasteiger partial charge on any atom is 0.235 e. The summed E-state index contributed by atoms with van der Waals surface area (Å²) in [6.45, 7) is 4.00. The van der Waals surface area contributed by atoms with Gasteiger partial charge in [-0.15, -0.1) is 0 Å². The fourth-order valence-corrected chi connectivity index (χ4v) is 2.04. The average Bonchev–Trinajstić information content (AvgIpc) is 2.16. The number of hydrogen-bond donors (Lipinski definition) is 1. The molecule has 0 aliphatic carbocycles. The number of carbonyl (C=O) groups excluding carboxylic acids is 1. The monoisotopic (exact) mass is 216 g/mol. The van der Waals surface area contributed by atoms with E-state index in [1.54, 1.807) is 0 Å². The van der Waals surface area contributed by atoms with E-state index in [1.807, 2.05) is 18.9 Å². The Bertz CT molecular complexity index is 200. The van der Waals surface area contributed by atoms with Crippen LogP contribution in [0.15, 0.2) is 0 Å². The summed E-state index contributed by atoms with van der Waals surface area (Å²) in [6.07, 6.45) is 2.17. The minimum Gasteiger partial charge on any atom is -0.342 e. The predicted octanol–water partition coefficient (Wildman–Crippen LogP) is 0.857. The summed E-state index contributed by atoms with van der Waals surface area (Å²) in [6, 6.07) is 0.410. The number of piperidine rings is 1. The fourth-order valence-electron chi connectivity index (χ4n) is 1.86. The molecule has 0 aromatic heterocycles. The second kappa shape index (κ2) is 5.03. The molecule has 0 bridgehead atoms. The van der Waals surface area contributed by atoms with Crippen LogP contribution in [0.3, 0.4) is 0 Å². The number of amides is 1. The first kappa shape index (κ1) is 11.9. The minimum absolute atomic E-state index is 0.142. The Balaban J connectivity index is 2.45. The van der Waals surface area contributed by atoms with Gasteiger partial charge in [-0.05, 0) is 39.9 Å². The van der Waals surface area contributed by atoms with Gasteiger partial charge in [0.15, 0.2) is 0 Å². The Morgan fingerprint density at radius 2 is 2.00 bits per heavy atom. The number of thiol groups is 1. The van der Waals surface area contributed by atoms with E-state index in [-0.39, 0.29) is 11.2 Å². The van der Waals surface area contributed by atoms with Crippen LogP contribution < -0.4 is 0 Å². The van der Waals surface area contributed by atoms with Crippen molar-refractivity contribution in [1.29, 1.82) is 0 Å². The first-order chi connectivity index (χ1) is 6.52. The first-order valence-electron chi connectivity index (χ1n) is 5.15. The highest BCUT2D eigenvalue weighted by Crippen LogP contribution is 2.15. The van der Waals surface area contributed by atoms with Gasteiger partial charge in [0.2, 0.25) is 5.91 Å². The van der Waals surface area contributed by atoms with Crippen LogP contribution in [0.25, 0.3) is 0 Å². The number of nitrogens with zero attached hydrogens (tertiary/aromatic N) is 2. The first-order valence-corrected chi connectivity index (χ1v) is 5.67. The van der Waals surface area contributed by atoms with Crippen molar-refractivity contribution in [2.75, 3.05) is 27.2 Å². The molecule has 82 valence electrons. The maximum absolute atomic E-state index is 11.7. The highest BCUT2D eigenvalue weighted by molar-refractivity contribution is 7.81. The Labute approximate surface area is 91.9 Å². The van der Waals surface area contributed by atoms with Crippen LogP contribution in [0.1, 0.15) is 19.8 Å². The van der Waals surface area contributed by atoms with Gasteiger partial charge in [-0.25, -0.2) is 0 Å². The summed E-state index contributed by atoms with van der Waals surface area (Å²) in [5.41, 5.74) is 0. The van der Waals surface area contributed by atoms with Crippen molar-refractivity contribution in [3.05, 3.63) is 0 Å². The van der Waals surface area contributed by atoms with E-state index in [4.69, 9.17) is 0 Å². The highest BCUT2D eigenvalue weighted by Gasteiger charge is 2.25. The van der Waals surface area contributed by atoms with Crippen LogP contribution in [-0.2, 0) is 4.79 Å². The minimum atomic E-state index is -0.181. The summed E-state index contributed by atoms with van der Waals surface area (Å²) < 4.78 is 0. The summed E-state index contributed by atoms with van der Waals surface area (Å²) in [5, 5.41) is -0.181. The second-order valence-corrected chi connectivity index (χ2v) is 4.93. The molecule has 0 saturated carbocycles. The number of likely N-dealkylation sites (tertiary alicyclic amines) is 1. The number of rotatable bonds is 2. The Morgan fingerprint density at radius 1 is 1.50 bits per heavy atom. The van der Waals surface area contributed by atoms with Gasteiger partial charge in [0.05, 0.1) is 5.25 Å². The quantitative estimate of drug-likeness (QED) is 0.692. The molecule has 0 radical (unpaired) electrons. The molecule has 1 atom stereocenters. The zero-order chi connectivity index (χ0) is 10.7. The molecule has 0 N–H and O–H groups in total. The molecule has 4 heteroatoms. The van der Waals surface area contributed by atoms with E-state index in [1.165, 1.54) is 0 Å². The lowest BCUT2D eigenvalue weighted by molar-refractivity contribution is -0.131. The van der Waals surface area contributed by atoms with Gasteiger partial charge in [-0.3, -0.25) is 4.79 Å². The standard InChI is InChI=1S/C10H20N2OS/c1-8(14)10(13)12(3)9-4-6-11(2)7-5-9/h8-9,14H,4-7H2,1-3H3. The lowest BCUT2D eigenvalue weighted by Gasteiger charge is -2.35. The Hall–Kier alpha value is -0.220. The topological polar surface area (TPSA) is 23.6 Å². The second-order valence-electron chi connectivity index (χ2n) is 4.16. The molecule has 1 fully saturated rings. The molecule has 1 aliphatic rings. The predicted molar refractivity (Wildman–Crippen MR) is 61.7 cm³/mol. The Morgan fingerprint density at radius 3 is 2.43 bits per heavy atom. The van der Waals surface area contributed by atoms with Crippen molar-refractivity contribution >= 4 is 18.5 Å². The van der Waals surface area contributed by atoms with Gasteiger partial charge in [0.1, 0.15) is 0 Å². The molecule has 0 aromatic rings. The van der Waals surface area contributed by atoms with Crippen LogP contribution in [0, 0.1) is 0 Å². The molecular weight excluding hydrogens is 196 g/mol. The average molecular weight is 216 g/mol. The fraction of sp³-hybridized carbons (Fsp3) is 0.900. The summed E-state index contributed by atoms with van der Waals surface area (Å²) in [4.78, 5) is 15.8. The van der Waals surface area contributed by atoms with Crippen LogP contribution in [-0.4, -0.2) is 54.2 Å². The van der Waals surface area contributed by atoms with Gasteiger partial charge < -0.3 is 9.80 Å². The third-order valence-corrected chi connectivity index (χ3v) is 3.16. The molecule has 0 aromatic carbocycles. The highest BCUT2D eigenvalue weighted by atomic mass is 32.1. The van der Waals surface area contributed by atoms with Gasteiger partial charge in [-0.1, -0.05) is 0 Å². The molecule has 1 rings (SSSR count). The van der Waals surface area contributed by atoms with Gasteiger partial charge >= 0.3 is 0 Å². The molecule has 14 heavy (non-hydrogen) atoms. The van der Waals surface area contributed by atoms with E-state index in [0.717, 1.165) is 25.9 Å². The molecule has 1 amide bonds. The van der Waals surface area contributed by atoms with Crippen molar-refractivity contribution in [3.8, 4) is 0 Å². The molecular formula is C10H20N2OS. The Kier molecular flexibility index (Phi) is 4.26. The maximum atomic E-state index is 11.7. The summed E-state index contributed by atoms with van der Waals surface area (Å²) >= 11 is 4.17. The van der Waals surface area contributed by atoms with Crippen molar-refractivity contribution in [3.63, 3.8) is 0 Å². The van der Waals surface area contributed by atoms with E-state index in [9.17, 15) is 4.79 Å². The largest absolute Gasteiger partial charge is 0.342 e. The van der Waals surface area contributed by atoms with Crippen molar-refractivity contribution < 1.29 is 4.79 Å². The zero-order valence-electron chi connectivity index (χ0n) is 9.23. The van der Waals surface area contributed by atoms with Crippen molar-refractivity contribution in [2.45, 2.75) is 31.1 Å². The SMILES string of the molecule is CC(S)C(=O)N(C)C1CCN(C)CC1. The van der Waals surface area contributed by atoms with Gasteiger partial charge in [0.25, 0.3) is 0 Å². The number of carbonyl (C=O) groups is 1. The van der Waals surface area contributed by atoms with Crippen LogP contribution in [0.2, 0.25) is 0 Å². The molecule has 1 saturated heterocycles. The zero-order valence-corrected chi connectivity index (χ0v) is 10.1. The van der Waals surface area contributed by atoms with E-state index in [2.05, 4.69) is 24.6 Å². The molecule has 1 aliphatic heterocycles. The normalized spacial score (nSPS) is 22.0. The lowest BCUT2D eigenvalue weighted by Crippen LogP contribution is -2.46. The summed E-state index contributed by atoms with van der Waals surface area (Å²) in [5.74, 6) is 0.142. The molecule has 0 spiro atoms. The van der Waals surface area contributed by atoms with Crippen molar-refractivity contribution in [1.82, 2.24) is 9.80 Å².